The Balaban J connectivity index is 0.00000420. The fraction of sp³-hybridized carbons (Fsp3) is 0.550. The fourth-order valence-electron chi connectivity index (χ4n) is 2.88. The molecule has 0 radical (unpaired) electrons. The SMILES string of the molecule is CCNC(=NCC(C)(O)c1cnn(C)c1)NCCCCn1c(C)cccc1=O.I. The van der Waals surface area contributed by atoms with Gasteiger partial charge < -0.3 is 20.3 Å². The molecule has 0 saturated heterocycles. The summed E-state index contributed by atoms with van der Waals surface area (Å²) in [4.78, 5) is 16.4. The third-order valence-corrected chi connectivity index (χ3v) is 4.59. The Labute approximate surface area is 189 Å². The fourth-order valence-corrected chi connectivity index (χ4v) is 2.88. The van der Waals surface area contributed by atoms with Gasteiger partial charge in [0.2, 0.25) is 0 Å². The van der Waals surface area contributed by atoms with Gasteiger partial charge >= 0.3 is 0 Å². The van der Waals surface area contributed by atoms with Crippen LogP contribution in [0, 0.1) is 6.92 Å². The van der Waals surface area contributed by atoms with Crippen LogP contribution in [0.25, 0.3) is 0 Å². The van der Waals surface area contributed by atoms with E-state index in [4.69, 9.17) is 0 Å². The number of aromatic nitrogens is 3. The topological polar surface area (TPSA) is 96.5 Å². The summed E-state index contributed by atoms with van der Waals surface area (Å²) in [5, 5.41) is 21.2. The van der Waals surface area contributed by atoms with Crippen molar-refractivity contribution in [3.8, 4) is 0 Å². The summed E-state index contributed by atoms with van der Waals surface area (Å²) in [6, 6.07) is 5.33. The molecule has 1 atom stereocenters. The molecule has 29 heavy (non-hydrogen) atoms. The number of hydrogen-bond acceptors (Lipinski definition) is 4. The van der Waals surface area contributed by atoms with Gasteiger partial charge in [-0.05, 0) is 39.7 Å². The third kappa shape index (κ3) is 7.81. The number of hydrogen-bond donors (Lipinski definition) is 3. The van der Waals surface area contributed by atoms with Gasteiger partial charge in [-0.2, -0.15) is 5.10 Å². The third-order valence-electron chi connectivity index (χ3n) is 4.59. The van der Waals surface area contributed by atoms with E-state index in [9.17, 15) is 9.90 Å². The minimum Gasteiger partial charge on any atom is -0.383 e. The number of halogens is 1. The number of nitrogens with one attached hydrogen (secondary N) is 2. The molecule has 0 fully saturated rings. The summed E-state index contributed by atoms with van der Waals surface area (Å²) in [7, 11) is 1.82. The van der Waals surface area contributed by atoms with Gasteiger partial charge in [0.15, 0.2) is 5.96 Å². The number of aliphatic hydroxyl groups is 1. The molecule has 2 rings (SSSR count). The molecule has 0 aliphatic heterocycles. The monoisotopic (exact) mass is 516 g/mol. The summed E-state index contributed by atoms with van der Waals surface area (Å²) in [5.74, 6) is 0.666. The first kappa shape index (κ1) is 25.2. The second kappa shape index (κ2) is 12.0. The first-order valence-electron chi connectivity index (χ1n) is 9.73. The van der Waals surface area contributed by atoms with Gasteiger partial charge in [-0.3, -0.25) is 9.48 Å². The van der Waals surface area contributed by atoms with E-state index in [-0.39, 0.29) is 36.1 Å². The molecule has 0 spiro atoms. The summed E-state index contributed by atoms with van der Waals surface area (Å²) in [6.45, 7) is 8.09. The van der Waals surface area contributed by atoms with Gasteiger partial charge in [-0.1, -0.05) is 6.07 Å². The summed E-state index contributed by atoms with van der Waals surface area (Å²) in [6.07, 6.45) is 5.25. The normalized spacial score (nSPS) is 13.5. The Morgan fingerprint density at radius 1 is 1.31 bits per heavy atom. The molecule has 0 aliphatic carbocycles. The van der Waals surface area contributed by atoms with Gasteiger partial charge in [0, 0.05) is 50.2 Å². The van der Waals surface area contributed by atoms with E-state index >= 15 is 0 Å². The van der Waals surface area contributed by atoms with Crippen LogP contribution in [0.3, 0.4) is 0 Å². The van der Waals surface area contributed by atoms with E-state index in [0.717, 1.165) is 37.2 Å². The highest BCUT2D eigenvalue weighted by atomic mass is 127. The van der Waals surface area contributed by atoms with Crippen LogP contribution in [0.15, 0.2) is 40.4 Å². The Morgan fingerprint density at radius 3 is 2.69 bits per heavy atom. The average Bonchev–Trinajstić information content (AvgIpc) is 3.09. The zero-order valence-electron chi connectivity index (χ0n) is 17.7. The maximum Gasteiger partial charge on any atom is 0.250 e. The lowest BCUT2D eigenvalue weighted by Gasteiger charge is -2.20. The predicted molar refractivity (Wildman–Crippen MR) is 127 cm³/mol. The van der Waals surface area contributed by atoms with Crippen LogP contribution < -0.4 is 16.2 Å². The molecule has 8 nitrogen and oxygen atoms in total. The minimum absolute atomic E-state index is 0. The molecule has 2 aromatic rings. The summed E-state index contributed by atoms with van der Waals surface area (Å²) >= 11 is 0. The van der Waals surface area contributed by atoms with Crippen LogP contribution in [0.4, 0.5) is 0 Å². The number of nitrogens with zero attached hydrogens (tertiary/aromatic N) is 4. The van der Waals surface area contributed by atoms with Gasteiger partial charge in [0.1, 0.15) is 5.60 Å². The number of aryl methyl sites for hydroxylation is 2. The molecule has 3 N–H and O–H groups in total. The van der Waals surface area contributed by atoms with Crippen LogP contribution in [-0.4, -0.2) is 45.0 Å². The van der Waals surface area contributed by atoms with E-state index in [0.29, 0.717) is 12.5 Å². The van der Waals surface area contributed by atoms with E-state index in [1.54, 1.807) is 40.7 Å². The van der Waals surface area contributed by atoms with Crippen molar-refractivity contribution in [3.05, 3.63) is 52.2 Å². The van der Waals surface area contributed by atoms with Crippen molar-refractivity contribution >= 4 is 29.9 Å². The van der Waals surface area contributed by atoms with Crippen LogP contribution in [0.2, 0.25) is 0 Å². The molecular weight excluding hydrogens is 483 g/mol. The highest BCUT2D eigenvalue weighted by molar-refractivity contribution is 14.0. The second-order valence-electron chi connectivity index (χ2n) is 7.16. The maximum absolute atomic E-state index is 11.9. The number of pyridine rings is 1. The number of aliphatic imine (C=N–C) groups is 1. The zero-order valence-corrected chi connectivity index (χ0v) is 20.0. The minimum atomic E-state index is -1.08. The van der Waals surface area contributed by atoms with Crippen molar-refractivity contribution in [1.82, 2.24) is 25.0 Å². The smallest absolute Gasteiger partial charge is 0.250 e. The van der Waals surface area contributed by atoms with Crippen LogP contribution in [0.1, 0.15) is 37.9 Å². The molecule has 1 unspecified atom stereocenters. The predicted octanol–water partition coefficient (Wildman–Crippen LogP) is 1.75. The molecule has 2 heterocycles. The van der Waals surface area contributed by atoms with Crippen molar-refractivity contribution in [3.63, 3.8) is 0 Å². The highest BCUT2D eigenvalue weighted by Gasteiger charge is 2.24. The molecular formula is C20H33IN6O2. The zero-order chi connectivity index (χ0) is 20.6. The van der Waals surface area contributed by atoms with Crippen molar-refractivity contribution in [2.75, 3.05) is 19.6 Å². The Morgan fingerprint density at radius 2 is 2.07 bits per heavy atom. The molecule has 162 valence electrons. The molecule has 0 aromatic carbocycles. The molecule has 0 bridgehead atoms. The number of rotatable bonds is 9. The summed E-state index contributed by atoms with van der Waals surface area (Å²) < 4.78 is 3.46. The quantitative estimate of drug-likeness (QED) is 0.204. The Kier molecular flexibility index (Phi) is 10.4. The molecule has 0 saturated carbocycles. The largest absolute Gasteiger partial charge is 0.383 e. The second-order valence-corrected chi connectivity index (χ2v) is 7.16. The lowest BCUT2D eigenvalue weighted by molar-refractivity contribution is 0.0672. The van der Waals surface area contributed by atoms with Crippen LogP contribution in [0.5, 0.6) is 0 Å². The average molecular weight is 516 g/mol. The number of guanidine groups is 1. The first-order chi connectivity index (χ1) is 13.3. The van der Waals surface area contributed by atoms with Crippen LogP contribution in [-0.2, 0) is 19.2 Å². The first-order valence-corrected chi connectivity index (χ1v) is 9.73. The summed E-state index contributed by atoms with van der Waals surface area (Å²) in [5.41, 5.74) is 0.676. The van der Waals surface area contributed by atoms with E-state index in [1.165, 1.54) is 0 Å². The van der Waals surface area contributed by atoms with Gasteiger partial charge in [0.25, 0.3) is 5.56 Å². The Hall–Kier alpha value is -1.88. The standard InChI is InChI=1S/C20H32N6O2.HI/c1-5-21-19(23-15-20(3,28)17-13-24-25(4)14-17)22-11-6-7-12-26-16(2)9-8-10-18(26)27;/h8-10,13-14,28H,5-7,11-12,15H2,1-4H3,(H2,21,22,23);1H. The lowest BCUT2D eigenvalue weighted by atomic mass is 10.0. The van der Waals surface area contributed by atoms with Gasteiger partial charge in [-0.15, -0.1) is 24.0 Å². The number of unbranched alkanes of at least 4 members (excludes halogenated alkanes) is 1. The van der Waals surface area contributed by atoms with Gasteiger partial charge in [0.05, 0.1) is 12.7 Å². The highest BCUT2D eigenvalue weighted by Crippen LogP contribution is 2.19. The Bertz CT molecular complexity index is 843. The van der Waals surface area contributed by atoms with Crippen molar-refractivity contribution < 1.29 is 5.11 Å². The lowest BCUT2D eigenvalue weighted by Crippen LogP contribution is -2.39. The van der Waals surface area contributed by atoms with Crippen molar-refractivity contribution in [2.45, 2.75) is 45.8 Å². The van der Waals surface area contributed by atoms with Crippen molar-refractivity contribution in [2.24, 2.45) is 12.0 Å². The maximum atomic E-state index is 11.9. The molecule has 2 aromatic heterocycles. The van der Waals surface area contributed by atoms with E-state index in [2.05, 4.69) is 20.7 Å². The van der Waals surface area contributed by atoms with Crippen LogP contribution >= 0.6 is 24.0 Å². The van der Waals surface area contributed by atoms with E-state index < -0.39 is 5.60 Å². The molecule has 0 amide bonds. The molecule has 9 heteroatoms. The molecule has 0 aliphatic rings. The van der Waals surface area contributed by atoms with Gasteiger partial charge in [-0.25, -0.2) is 4.99 Å². The van der Waals surface area contributed by atoms with Crippen molar-refractivity contribution in [1.29, 1.82) is 0 Å². The van der Waals surface area contributed by atoms with E-state index in [1.807, 2.05) is 27.0 Å².